The maximum absolute atomic E-state index is 14.0. The lowest BCUT2D eigenvalue weighted by Gasteiger charge is -2.42. The SMILES string of the molecule is CC(C)Oc1ccc(Cc2cc([C@H]3O[C@@H](CO)C(F)(F)[C@H](O)[C@H]3O)ccc2Cl)cc1. The van der Waals surface area contributed by atoms with E-state index in [9.17, 15) is 24.1 Å². The molecule has 4 atom stereocenters. The highest BCUT2D eigenvalue weighted by Gasteiger charge is 2.57. The van der Waals surface area contributed by atoms with Gasteiger partial charge in [0.15, 0.2) is 0 Å². The smallest absolute Gasteiger partial charge is 0.303 e. The zero-order valence-electron chi connectivity index (χ0n) is 16.6. The van der Waals surface area contributed by atoms with Gasteiger partial charge < -0.3 is 24.8 Å². The summed E-state index contributed by atoms with van der Waals surface area (Å²) in [7, 11) is 0. The molecule has 164 valence electrons. The number of ether oxygens (including phenoxy) is 2. The molecule has 0 unspecified atom stereocenters. The van der Waals surface area contributed by atoms with Crippen LogP contribution in [0.4, 0.5) is 8.78 Å². The summed E-state index contributed by atoms with van der Waals surface area (Å²) in [6.07, 6.45) is -6.85. The largest absolute Gasteiger partial charge is 0.491 e. The minimum Gasteiger partial charge on any atom is -0.491 e. The molecule has 2 aromatic carbocycles. The molecule has 5 nitrogen and oxygen atoms in total. The number of halogens is 3. The molecule has 3 rings (SSSR count). The Kier molecular flexibility index (Phi) is 6.99. The van der Waals surface area contributed by atoms with Crippen LogP contribution in [-0.2, 0) is 11.2 Å². The van der Waals surface area contributed by atoms with Crippen LogP contribution in [0, 0.1) is 0 Å². The fourth-order valence-corrected chi connectivity index (χ4v) is 3.64. The lowest BCUT2D eigenvalue weighted by Crippen LogP contribution is -2.59. The highest BCUT2D eigenvalue weighted by Crippen LogP contribution is 2.41. The maximum atomic E-state index is 14.0. The van der Waals surface area contributed by atoms with Gasteiger partial charge in [0.2, 0.25) is 0 Å². The van der Waals surface area contributed by atoms with Crippen molar-refractivity contribution < 1.29 is 33.6 Å². The summed E-state index contributed by atoms with van der Waals surface area (Å²) in [5.74, 6) is -3.02. The molecule has 3 N–H and O–H groups in total. The van der Waals surface area contributed by atoms with Crippen LogP contribution >= 0.6 is 11.6 Å². The topological polar surface area (TPSA) is 79.2 Å². The molecule has 1 fully saturated rings. The van der Waals surface area contributed by atoms with Crippen molar-refractivity contribution in [2.24, 2.45) is 0 Å². The van der Waals surface area contributed by atoms with E-state index in [2.05, 4.69) is 0 Å². The van der Waals surface area contributed by atoms with Crippen LogP contribution in [0.25, 0.3) is 0 Å². The molecule has 0 aromatic heterocycles. The van der Waals surface area contributed by atoms with Gasteiger partial charge in [-0.05, 0) is 55.2 Å². The first-order valence-electron chi connectivity index (χ1n) is 9.67. The van der Waals surface area contributed by atoms with Crippen molar-refractivity contribution in [1.82, 2.24) is 0 Å². The van der Waals surface area contributed by atoms with Gasteiger partial charge in [-0.2, -0.15) is 0 Å². The van der Waals surface area contributed by atoms with Crippen molar-refractivity contribution >= 4 is 11.6 Å². The van der Waals surface area contributed by atoms with E-state index in [-0.39, 0.29) is 6.10 Å². The summed E-state index contributed by atoms with van der Waals surface area (Å²) in [5, 5.41) is 29.8. The van der Waals surface area contributed by atoms with E-state index < -0.39 is 36.9 Å². The molecule has 1 aliphatic rings. The fraction of sp³-hybridized carbons (Fsp3) is 0.455. The minimum absolute atomic E-state index is 0.0642. The van der Waals surface area contributed by atoms with Crippen molar-refractivity contribution in [2.45, 2.75) is 56.7 Å². The zero-order valence-corrected chi connectivity index (χ0v) is 17.4. The van der Waals surface area contributed by atoms with Crippen LogP contribution in [0.1, 0.15) is 36.6 Å². The number of hydrogen-bond acceptors (Lipinski definition) is 5. The predicted molar refractivity (Wildman–Crippen MR) is 108 cm³/mol. The van der Waals surface area contributed by atoms with Gasteiger partial charge in [-0.3, -0.25) is 0 Å². The van der Waals surface area contributed by atoms with E-state index in [0.29, 0.717) is 22.6 Å². The third-order valence-electron chi connectivity index (χ3n) is 5.02. The highest BCUT2D eigenvalue weighted by atomic mass is 35.5. The van der Waals surface area contributed by atoms with Gasteiger partial charge in [0.25, 0.3) is 0 Å². The molecule has 0 radical (unpaired) electrons. The Balaban J connectivity index is 1.83. The number of aliphatic hydroxyl groups is 3. The summed E-state index contributed by atoms with van der Waals surface area (Å²) in [6.45, 7) is 2.89. The second-order valence-corrected chi connectivity index (χ2v) is 8.08. The van der Waals surface area contributed by atoms with Crippen molar-refractivity contribution in [3.63, 3.8) is 0 Å². The van der Waals surface area contributed by atoms with E-state index in [4.69, 9.17) is 21.1 Å². The van der Waals surface area contributed by atoms with Gasteiger partial charge in [-0.1, -0.05) is 35.9 Å². The molecular weight excluding hydrogens is 418 g/mol. The Labute approximate surface area is 178 Å². The third kappa shape index (κ3) is 4.76. The Morgan fingerprint density at radius 3 is 2.40 bits per heavy atom. The van der Waals surface area contributed by atoms with E-state index in [1.54, 1.807) is 18.2 Å². The summed E-state index contributed by atoms with van der Waals surface area (Å²) in [5.41, 5.74) is 2.04. The van der Waals surface area contributed by atoms with Gasteiger partial charge in [-0.25, -0.2) is 8.78 Å². The van der Waals surface area contributed by atoms with Crippen LogP contribution in [-0.4, -0.2) is 52.3 Å². The number of rotatable bonds is 6. The minimum atomic E-state index is -3.76. The molecule has 0 amide bonds. The summed E-state index contributed by atoms with van der Waals surface area (Å²) >= 11 is 6.31. The lowest BCUT2D eigenvalue weighted by atomic mass is 9.89. The predicted octanol–water partition coefficient (Wildman–Crippen LogP) is 3.51. The number of benzene rings is 2. The molecular formula is C22H25ClF2O5. The Morgan fingerprint density at radius 2 is 1.80 bits per heavy atom. The maximum Gasteiger partial charge on any atom is 0.303 e. The molecule has 30 heavy (non-hydrogen) atoms. The molecule has 8 heteroatoms. The average molecular weight is 443 g/mol. The van der Waals surface area contributed by atoms with Gasteiger partial charge >= 0.3 is 5.92 Å². The number of hydrogen-bond donors (Lipinski definition) is 3. The van der Waals surface area contributed by atoms with E-state index >= 15 is 0 Å². The summed E-state index contributed by atoms with van der Waals surface area (Å²) in [4.78, 5) is 0. The van der Waals surface area contributed by atoms with Crippen LogP contribution in [0.15, 0.2) is 42.5 Å². The van der Waals surface area contributed by atoms with Crippen LogP contribution in [0.2, 0.25) is 5.02 Å². The van der Waals surface area contributed by atoms with Crippen LogP contribution in [0.3, 0.4) is 0 Å². The molecule has 0 saturated carbocycles. The fourth-order valence-electron chi connectivity index (χ4n) is 3.46. The molecule has 1 saturated heterocycles. The molecule has 2 aromatic rings. The Bertz CT molecular complexity index is 855. The van der Waals surface area contributed by atoms with Gasteiger partial charge in [0.1, 0.15) is 30.2 Å². The quantitative estimate of drug-likeness (QED) is 0.638. The molecule has 0 bridgehead atoms. The van der Waals surface area contributed by atoms with E-state index in [1.165, 1.54) is 0 Å². The Morgan fingerprint density at radius 1 is 1.13 bits per heavy atom. The first-order chi connectivity index (χ1) is 14.1. The average Bonchev–Trinajstić information content (AvgIpc) is 2.69. The van der Waals surface area contributed by atoms with Crippen molar-refractivity contribution in [2.75, 3.05) is 6.61 Å². The number of aliphatic hydroxyl groups excluding tert-OH is 3. The van der Waals surface area contributed by atoms with Gasteiger partial charge in [0.05, 0.1) is 12.7 Å². The van der Waals surface area contributed by atoms with Gasteiger partial charge in [-0.15, -0.1) is 0 Å². The van der Waals surface area contributed by atoms with Crippen molar-refractivity contribution in [3.8, 4) is 5.75 Å². The first kappa shape index (κ1) is 22.9. The molecule has 1 aliphatic heterocycles. The molecule has 0 aliphatic carbocycles. The highest BCUT2D eigenvalue weighted by molar-refractivity contribution is 6.31. The van der Waals surface area contributed by atoms with Crippen LogP contribution in [0.5, 0.6) is 5.75 Å². The second-order valence-electron chi connectivity index (χ2n) is 7.68. The molecule has 1 heterocycles. The second kappa shape index (κ2) is 9.16. The first-order valence-corrected chi connectivity index (χ1v) is 10.1. The summed E-state index contributed by atoms with van der Waals surface area (Å²) in [6, 6.07) is 12.3. The zero-order chi connectivity index (χ0) is 22.1. The molecule has 0 spiro atoms. The monoisotopic (exact) mass is 442 g/mol. The lowest BCUT2D eigenvalue weighted by molar-refractivity contribution is -0.296. The van der Waals surface area contributed by atoms with E-state index in [1.807, 2.05) is 38.1 Å². The third-order valence-corrected chi connectivity index (χ3v) is 5.39. The standard InChI is InChI=1S/C22H25ClF2O5/c1-12(2)29-16-6-3-13(4-7-16)9-15-10-14(5-8-17(15)23)20-19(27)21(28)22(24,25)18(11-26)30-20/h3-8,10,12,18-21,26-28H,9,11H2,1-2H3/t18-,19-,20+,21+/m0/s1. The normalized spacial score (nSPS) is 26.0. The van der Waals surface area contributed by atoms with E-state index in [0.717, 1.165) is 11.3 Å². The van der Waals surface area contributed by atoms with Crippen molar-refractivity contribution in [1.29, 1.82) is 0 Å². The summed E-state index contributed by atoms with van der Waals surface area (Å²) < 4.78 is 38.9. The van der Waals surface area contributed by atoms with Crippen molar-refractivity contribution in [3.05, 3.63) is 64.2 Å². The Hall–Kier alpha value is -1.77. The number of alkyl halides is 2. The van der Waals surface area contributed by atoms with Gasteiger partial charge in [0, 0.05) is 5.02 Å². The van der Waals surface area contributed by atoms with Crippen LogP contribution < -0.4 is 4.74 Å².